The Balaban J connectivity index is 1.67. The first-order valence-electron chi connectivity index (χ1n) is 10.9. The Labute approximate surface area is 186 Å². The van der Waals surface area contributed by atoms with Crippen LogP contribution in [0.3, 0.4) is 0 Å². The van der Waals surface area contributed by atoms with Crippen LogP contribution in [0.15, 0.2) is 17.0 Å². The molecule has 0 bridgehead atoms. The van der Waals surface area contributed by atoms with Gasteiger partial charge in [0, 0.05) is 38.8 Å². The van der Waals surface area contributed by atoms with Gasteiger partial charge in [-0.25, -0.2) is 8.42 Å². The highest BCUT2D eigenvalue weighted by atomic mass is 32.2. The van der Waals surface area contributed by atoms with Crippen molar-refractivity contribution in [3.63, 3.8) is 0 Å². The van der Waals surface area contributed by atoms with Gasteiger partial charge < -0.3 is 19.2 Å². The molecule has 1 aromatic rings. The summed E-state index contributed by atoms with van der Waals surface area (Å²) in [5, 5.41) is 0. The second-order valence-corrected chi connectivity index (χ2v) is 10.4. The van der Waals surface area contributed by atoms with Crippen LogP contribution < -0.4 is 4.74 Å². The summed E-state index contributed by atoms with van der Waals surface area (Å²) in [5.41, 5.74) is 1.35. The second kappa shape index (κ2) is 10.3. The van der Waals surface area contributed by atoms with Crippen LogP contribution in [0.4, 0.5) is 0 Å². The van der Waals surface area contributed by atoms with E-state index in [1.165, 1.54) is 0 Å². The number of amides is 1. The van der Waals surface area contributed by atoms with Crippen molar-refractivity contribution in [2.45, 2.75) is 44.0 Å². The Bertz CT molecular complexity index is 864. The number of methoxy groups -OCH3 is 1. The van der Waals surface area contributed by atoms with E-state index in [1.54, 1.807) is 37.4 Å². The largest absolute Gasteiger partial charge is 0.497 e. The molecule has 3 rings (SSSR count). The van der Waals surface area contributed by atoms with Gasteiger partial charge in [0.2, 0.25) is 15.9 Å². The molecule has 172 valence electrons. The molecule has 1 unspecified atom stereocenters. The lowest BCUT2D eigenvalue weighted by molar-refractivity contribution is -0.137. The van der Waals surface area contributed by atoms with Crippen LogP contribution in [0.25, 0.3) is 0 Å². The first-order valence-corrected chi connectivity index (χ1v) is 12.4. The molecule has 0 radical (unpaired) electrons. The van der Waals surface area contributed by atoms with Crippen LogP contribution >= 0.6 is 0 Å². The minimum absolute atomic E-state index is 0.00526. The van der Waals surface area contributed by atoms with Gasteiger partial charge in [0.1, 0.15) is 12.4 Å². The highest BCUT2D eigenvalue weighted by Gasteiger charge is 2.35. The third-order valence-electron chi connectivity index (χ3n) is 6.20. The second-order valence-electron chi connectivity index (χ2n) is 8.55. The normalized spacial score (nSPS) is 21.3. The molecule has 31 heavy (non-hydrogen) atoms. The van der Waals surface area contributed by atoms with Gasteiger partial charge in [-0.1, -0.05) is 6.42 Å². The number of hydrogen-bond donors (Lipinski definition) is 0. The molecule has 0 saturated carbocycles. The zero-order valence-corrected chi connectivity index (χ0v) is 19.9. The van der Waals surface area contributed by atoms with Gasteiger partial charge in [-0.2, -0.15) is 4.31 Å². The molecule has 0 aromatic heterocycles. The van der Waals surface area contributed by atoms with E-state index < -0.39 is 10.0 Å². The summed E-state index contributed by atoms with van der Waals surface area (Å²) >= 11 is 0. The van der Waals surface area contributed by atoms with Crippen molar-refractivity contribution >= 4 is 23.9 Å². The van der Waals surface area contributed by atoms with E-state index in [0.717, 1.165) is 32.4 Å². The maximum atomic E-state index is 13.6. The van der Waals surface area contributed by atoms with Gasteiger partial charge in [-0.3, -0.25) is 4.79 Å². The molecule has 10 heteroatoms. The minimum Gasteiger partial charge on any atom is -0.497 e. The van der Waals surface area contributed by atoms with Crippen LogP contribution in [-0.2, 0) is 19.6 Å². The Morgan fingerprint density at radius 2 is 1.74 bits per heavy atom. The third-order valence-corrected chi connectivity index (χ3v) is 8.46. The number of sulfonamides is 1. The number of carbonyl (C=O) groups excluding carboxylic acids is 1. The molecule has 2 aliphatic rings. The Morgan fingerprint density at radius 3 is 2.35 bits per heavy atom. The van der Waals surface area contributed by atoms with Gasteiger partial charge in [0.05, 0.1) is 18.6 Å². The van der Waals surface area contributed by atoms with E-state index in [1.807, 2.05) is 12.9 Å². The first-order chi connectivity index (χ1) is 14.7. The van der Waals surface area contributed by atoms with Gasteiger partial charge in [0.25, 0.3) is 0 Å². The molecule has 1 atom stereocenters. The summed E-state index contributed by atoms with van der Waals surface area (Å²) in [7, 11) is -0.0603. The quantitative estimate of drug-likeness (QED) is 0.564. The Kier molecular flexibility index (Phi) is 8.01. The number of ether oxygens (including phenoxy) is 2. The maximum absolute atomic E-state index is 13.6. The van der Waals surface area contributed by atoms with E-state index in [0.29, 0.717) is 41.4 Å². The number of rotatable bonds is 7. The van der Waals surface area contributed by atoms with E-state index in [9.17, 15) is 13.2 Å². The van der Waals surface area contributed by atoms with Crippen LogP contribution in [0.5, 0.6) is 5.75 Å². The predicted octanol–water partition coefficient (Wildman–Crippen LogP) is 0.564. The minimum atomic E-state index is -3.68. The molecule has 0 aliphatic carbocycles. The Hall–Kier alpha value is -1.62. The van der Waals surface area contributed by atoms with E-state index in [2.05, 4.69) is 4.81 Å². The summed E-state index contributed by atoms with van der Waals surface area (Å²) in [6, 6.07) is 3.24. The molecule has 0 N–H and O–H groups in total. The van der Waals surface area contributed by atoms with Gasteiger partial charge >= 0.3 is 0 Å². The van der Waals surface area contributed by atoms with Crippen LogP contribution in [0, 0.1) is 13.8 Å². The topological polar surface area (TPSA) is 79.4 Å². The summed E-state index contributed by atoms with van der Waals surface area (Å²) in [6.07, 6.45) is 2.51. The number of piperazine rings is 1. The standard InChI is InChI=1S/C21H34BN3O5S/c1-16-12-19(29-3)13-17(2)21(16)31(27,28)25-7-5-4-6-18(25)14-30-15-20(26)23-8-10-24(22)11-9-23/h12-13,18H,4-11,14-15,22H2,1-3H3. The van der Waals surface area contributed by atoms with Crippen LogP contribution in [0.1, 0.15) is 30.4 Å². The number of nitrogens with zero attached hydrogens (tertiary/aromatic N) is 3. The fourth-order valence-corrected chi connectivity index (χ4v) is 6.53. The molecule has 1 amide bonds. The SMILES string of the molecule is BN1CCN(C(=O)COCC2CCCCN2S(=O)(=O)c2c(C)cc(OC)cc2C)CC1. The van der Waals surface area contributed by atoms with Crippen molar-refractivity contribution in [2.24, 2.45) is 0 Å². The van der Waals surface area contributed by atoms with Crippen molar-refractivity contribution in [3.8, 4) is 5.75 Å². The molecule has 8 nitrogen and oxygen atoms in total. The number of piperidine rings is 1. The lowest BCUT2D eigenvalue weighted by atomic mass is 10.1. The highest BCUT2D eigenvalue weighted by molar-refractivity contribution is 7.89. The van der Waals surface area contributed by atoms with Gasteiger partial charge in [0.15, 0.2) is 7.98 Å². The zero-order chi connectivity index (χ0) is 22.6. The van der Waals surface area contributed by atoms with E-state index >= 15 is 0 Å². The number of carbonyl (C=O) groups is 1. The van der Waals surface area contributed by atoms with Gasteiger partial charge in [-0.05, 0) is 49.9 Å². The average molecular weight is 451 g/mol. The molecule has 2 heterocycles. The zero-order valence-electron chi connectivity index (χ0n) is 19.1. The van der Waals surface area contributed by atoms with E-state index in [-0.39, 0.29) is 25.2 Å². The van der Waals surface area contributed by atoms with Crippen molar-refractivity contribution in [1.82, 2.24) is 14.0 Å². The van der Waals surface area contributed by atoms with Crippen molar-refractivity contribution in [1.29, 1.82) is 0 Å². The van der Waals surface area contributed by atoms with Crippen molar-refractivity contribution in [2.75, 3.05) is 53.0 Å². The molecule has 2 aliphatic heterocycles. The number of hydrogen-bond acceptors (Lipinski definition) is 6. The molecule has 0 spiro atoms. The molecule has 2 saturated heterocycles. The molecular formula is C21H34BN3O5S. The number of aryl methyl sites for hydroxylation is 2. The first kappa shape index (κ1) is 24.0. The third kappa shape index (κ3) is 5.60. The lowest BCUT2D eigenvalue weighted by Crippen LogP contribution is -2.49. The predicted molar refractivity (Wildman–Crippen MR) is 122 cm³/mol. The van der Waals surface area contributed by atoms with Crippen LogP contribution in [0.2, 0.25) is 0 Å². The van der Waals surface area contributed by atoms with E-state index in [4.69, 9.17) is 9.47 Å². The molecule has 1 aromatic carbocycles. The molecular weight excluding hydrogens is 417 g/mol. The maximum Gasteiger partial charge on any atom is 0.248 e. The summed E-state index contributed by atoms with van der Waals surface area (Å²) in [4.78, 5) is 16.8. The molecule has 2 fully saturated rings. The Morgan fingerprint density at radius 1 is 1.10 bits per heavy atom. The fourth-order valence-electron chi connectivity index (χ4n) is 4.44. The highest BCUT2D eigenvalue weighted by Crippen LogP contribution is 2.31. The number of benzene rings is 1. The summed E-state index contributed by atoms with van der Waals surface area (Å²) < 4.78 is 39.7. The summed E-state index contributed by atoms with van der Waals surface area (Å²) in [5.74, 6) is 0.620. The lowest BCUT2D eigenvalue weighted by Gasteiger charge is -2.35. The van der Waals surface area contributed by atoms with Crippen molar-refractivity contribution < 1.29 is 22.7 Å². The monoisotopic (exact) mass is 451 g/mol. The fraction of sp³-hybridized carbons (Fsp3) is 0.667. The smallest absolute Gasteiger partial charge is 0.248 e. The van der Waals surface area contributed by atoms with Crippen molar-refractivity contribution in [3.05, 3.63) is 23.3 Å². The average Bonchev–Trinajstić information content (AvgIpc) is 2.73. The summed E-state index contributed by atoms with van der Waals surface area (Å²) in [6.45, 7) is 7.42. The van der Waals surface area contributed by atoms with Gasteiger partial charge in [-0.15, -0.1) is 0 Å². The van der Waals surface area contributed by atoms with Crippen LogP contribution in [-0.4, -0.2) is 95.4 Å².